The van der Waals surface area contributed by atoms with E-state index in [1.165, 1.54) is 0 Å². The van der Waals surface area contributed by atoms with Crippen molar-refractivity contribution in [2.24, 2.45) is 0 Å². The fourth-order valence-electron chi connectivity index (χ4n) is 4.03. The molecule has 2 aromatic carbocycles. The lowest BCUT2D eigenvalue weighted by molar-refractivity contribution is 0.0946. The van der Waals surface area contributed by atoms with Crippen LogP contribution in [0.3, 0.4) is 0 Å². The molecule has 2 N–H and O–H groups in total. The molecule has 1 aliphatic rings. The van der Waals surface area contributed by atoms with Crippen molar-refractivity contribution < 1.29 is 4.79 Å². The van der Waals surface area contributed by atoms with Gasteiger partial charge in [0.25, 0.3) is 5.91 Å². The first-order valence-electron chi connectivity index (χ1n) is 9.97. The molecule has 0 bridgehead atoms. The van der Waals surface area contributed by atoms with E-state index in [0.29, 0.717) is 6.54 Å². The van der Waals surface area contributed by atoms with Crippen molar-refractivity contribution in [3.63, 3.8) is 0 Å². The highest BCUT2D eigenvalue weighted by Crippen LogP contribution is 2.32. The van der Waals surface area contributed by atoms with Gasteiger partial charge in [-0.2, -0.15) is 0 Å². The maximum atomic E-state index is 12.2. The number of fused-ring (bicyclic) bond motifs is 2. The zero-order valence-corrected chi connectivity index (χ0v) is 16.3. The molecule has 0 unspecified atom stereocenters. The Kier molecular flexibility index (Phi) is 4.28. The van der Waals surface area contributed by atoms with Crippen LogP contribution in [0, 0.1) is 0 Å². The average molecular weight is 382 g/mol. The summed E-state index contributed by atoms with van der Waals surface area (Å²) in [6.45, 7) is 3.62. The Morgan fingerprint density at radius 3 is 2.66 bits per heavy atom. The summed E-state index contributed by atoms with van der Waals surface area (Å²) in [7, 11) is 0. The molecule has 4 aromatic rings. The van der Waals surface area contributed by atoms with Crippen LogP contribution in [0.15, 0.2) is 66.7 Å². The normalized spacial score (nSPS) is 13.2. The molecular weight excluding hydrogens is 360 g/mol. The number of nitrogens with one attached hydrogen (secondary N) is 2. The number of rotatable bonds is 4. The zero-order valence-electron chi connectivity index (χ0n) is 16.3. The van der Waals surface area contributed by atoms with Crippen molar-refractivity contribution in [3.05, 3.63) is 78.0 Å². The van der Waals surface area contributed by atoms with Crippen LogP contribution in [0.5, 0.6) is 0 Å². The number of nitrogens with zero attached hydrogens (tertiary/aromatic N) is 2. The Morgan fingerprint density at radius 2 is 1.86 bits per heavy atom. The Hall–Kier alpha value is -3.60. The molecule has 0 saturated carbocycles. The number of para-hydroxylation sites is 2. The SMILES string of the molecule is CCN(c1ccccc1)c1ccc2cccc(-c3cc4c([nH]3)CCNC4=O)c2n1. The van der Waals surface area contributed by atoms with Crippen LogP contribution < -0.4 is 10.2 Å². The van der Waals surface area contributed by atoms with E-state index >= 15 is 0 Å². The van der Waals surface area contributed by atoms with Crippen molar-refractivity contribution in [1.29, 1.82) is 0 Å². The lowest BCUT2D eigenvalue weighted by Crippen LogP contribution is -2.31. The number of amides is 1. The van der Waals surface area contributed by atoms with E-state index in [-0.39, 0.29) is 5.91 Å². The highest BCUT2D eigenvalue weighted by molar-refractivity contribution is 6.00. The lowest BCUT2D eigenvalue weighted by atomic mass is 10.1. The molecule has 5 nitrogen and oxygen atoms in total. The number of anilines is 2. The van der Waals surface area contributed by atoms with Gasteiger partial charge in [0.15, 0.2) is 0 Å². The van der Waals surface area contributed by atoms with Crippen molar-refractivity contribution in [1.82, 2.24) is 15.3 Å². The Labute approximate surface area is 169 Å². The first-order chi connectivity index (χ1) is 14.2. The summed E-state index contributed by atoms with van der Waals surface area (Å²) in [5.74, 6) is 0.900. The molecule has 5 heteroatoms. The van der Waals surface area contributed by atoms with E-state index in [4.69, 9.17) is 4.98 Å². The summed E-state index contributed by atoms with van der Waals surface area (Å²) in [5.41, 5.74) is 5.72. The minimum atomic E-state index is -0.0103. The number of hydrogen-bond acceptors (Lipinski definition) is 3. The topological polar surface area (TPSA) is 61.0 Å². The highest BCUT2D eigenvalue weighted by Gasteiger charge is 2.21. The van der Waals surface area contributed by atoms with Crippen LogP contribution in [0.2, 0.25) is 0 Å². The molecule has 0 radical (unpaired) electrons. The van der Waals surface area contributed by atoms with Gasteiger partial charge >= 0.3 is 0 Å². The molecule has 1 aliphatic heterocycles. The van der Waals surface area contributed by atoms with Crippen LogP contribution in [-0.2, 0) is 6.42 Å². The molecule has 29 heavy (non-hydrogen) atoms. The summed E-state index contributed by atoms with van der Waals surface area (Å²) in [4.78, 5) is 22.9. The number of hydrogen-bond donors (Lipinski definition) is 2. The summed E-state index contributed by atoms with van der Waals surface area (Å²) in [6.07, 6.45) is 0.822. The average Bonchev–Trinajstić information content (AvgIpc) is 3.20. The van der Waals surface area contributed by atoms with Gasteiger partial charge in [-0.3, -0.25) is 4.79 Å². The first-order valence-corrected chi connectivity index (χ1v) is 9.97. The summed E-state index contributed by atoms with van der Waals surface area (Å²) in [5, 5.41) is 3.99. The molecule has 1 amide bonds. The third kappa shape index (κ3) is 3.05. The number of pyridine rings is 1. The summed E-state index contributed by atoms with van der Waals surface area (Å²) >= 11 is 0. The van der Waals surface area contributed by atoms with E-state index in [9.17, 15) is 4.79 Å². The van der Waals surface area contributed by atoms with Crippen molar-refractivity contribution >= 4 is 28.3 Å². The summed E-state index contributed by atoms with van der Waals surface area (Å²) in [6, 6.07) is 22.6. The van der Waals surface area contributed by atoms with Crippen LogP contribution in [0.1, 0.15) is 23.0 Å². The zero-order chi connectivity index (χ0) is 19.8. The monoisotopic (exact) mass is 382 g/mol. The lowest BCUT2D eigenvalue weighted by Gasteiger charge is -2.22. The van der Waals surface area contributed by atoms with Gasteiger partial charge in [0, 0.05) is 47.5 Å². The summed E-state index contributed by atoms with van der Waals surface area (Å²) < 4.78 is 0. The number of carbonyl (C=O) groups is 1. The van der Waals surface area contributed by atoms with Crippen molar-refractivity contribution in [3.8, 4) is 11.3 Å². The molecule has 0 spiro atoms. The Balaban J connectivity index is 1.64. The molecule has 0 aliphatic carbocycles. The van der Waals surface area contributed by atoms with Crippen LogP contribution in [-0.4, -0.2) is 29.0 Å². The molecule has 0 atom stereocenters. The highest BCUT2D eigenvalue weighted by atomic mass is 16.1. The van der Waals surface area contributed by atoms with Crippen LogP contribution >= 0.6 is 0 Å². The second-order valence-electron chi connectivity index (χ2n) is 7.21. The standard InChI is InChI=1S/C24H22N4O/c1-2-28(17-8-4-3-5-9-17)22-12-11-16-7-6-10-18(23(16)27-22)21-15-19-20(26-21)13-14-25-24(19)29/h3-12,15,26H,2,13-14H2,1H3,(H,25,29). The smallest absolute Gasteiger partial charge is 0.253 e. The Bertz CT molecular complexity index is 1200. The van der Waals surface area contributed by atoms with Crippen molar-refractivity contribution in [2.45, 2.75) is 13.3 Å². The molecule has 144 valence electrons. The van der Waals surface area contributed by atoms with Gasteiger partial charge in [-0.1, -0.05) is 36.4 Å². The van der Waals surface area contributed by atoms with Gasteiger partial charge in [0.2, 0.25) is 0 Å². The van der Waals surface area contributed by atoms with Crippen molar-refractivity contribution in [2.75, 3.05) is 18.0 Å². The molecule has 5 rings (SSSR count). The van der Waals surface area contributed by atoms with E-state index in [2.05, 4.69) is 58.5 Å². The fraction of sp³-hybridized carbons (Fsp3) is 0.167. The number of H-pyrrole nitrogens is 1. The van der Waals surface area contributed by atoms with Gasteiger partial charge in [-0.25, -0.2) is 4.98 Å². The third-order valence-electron chi connectivity index (χ3n) is 5.46. The maximum absolute atomic E-state index is 12.2. The third-order valence-corrected chi connectivity index (χ3v) is 5.46. The predicted octanol–water partition coefficient (Wildman–Crippen LogP) is 4.67. The molecular formula is C24H22N4O. The fourth-order valence-corrected chi connectivity index (χ4v) is 4.03. The van der Waals surface area contributed by atoms with E-state index in [1.807, 2.05) is 30.3 Å². The quantitative estimate of drug-likeness (QED) is 0.539. The molecule has 0 fully saturated rings. The number of benzene rings is 2. The van der Waals surface area contributed by atoms with Gasteiger partial charge in [0.1, 0.15) is 5.82 Å². The minimum Gasteiger partial charge on any atom is -0.358 e. The van der Waals surface area contributed by atoms with Gasteiger partial charge < -0.3 is 15.2 Å². The van der Waals surface area contributed by atoms with Gasteiger partial charge in [-0.15, -0.1) is 0 Å². The van der Waals surface area contributed by atoms with Gasteiger partial charge in [-0.05, 0) is 37.3 Å². The second-order valence-corrected chi connectivity index (χ2v) is 7.21. The molecule has 2 aromatic heterocycles. The molecule has 0 saturated heterocycles. The number of aromatic nitrogens is 2. The first kappa shape index (κ1) is 17.5. The van der Waals surface area contributed by atoms with Crippen LogP contribution in [0.25, 0.3) is 22.2 Å². The van der Waals surface area contributed by atoms with E-state index < -0.39 is 0 Å². The largest absolute Gasteiger partial charge is 0.358 e. The van der Waals surface area contributed by atoms with E-state index in [0.717, 1.165) is 57.9 Å². The van der Waals surface area contributed by atoms with Gasteiger partial charge in [0.05, 0.1) is 11.1 Å². The predicted molar refractivity (Wildman–Crippen MR) is 117 cm³/mol. The number of carbonyl (C=O) groups excluding carboxylic acids is 1. The second kappa shape index (κ2) is 7.09. The maximum Gasteiger partial charge on any atom is 0.253 e. The molecule has 3 heterocycles. The van der Waals surface area contributed by atoms with Crippen LogP contribution in [0.4, 0.5) is 11.5 Å². The van der Waals surface area contributed by atoms with E-state index in [1.54, 1.807) is 0 Å². The number of aromatic amines is 1. The minimum absolute atomic E-state index is 0.0103. The Morgan fingerprint density at radius 1 is 1.00 bits per heavy atom.